The van der Waals surface area contributed by atoms with Gasteiger partial charge in [0.15, 0.2) is 0 Å². The SMILES string of the molecule is O=C(N[C@H](CO)Cc1ccccc1)c1ccccc1-c1ccccc1. The first-order valence-corrected chi connectivity index (χ1v) is 8.38. The topological polar surface area (TPSA) is 49.3 Å². The Kier molecular flexibility index (Phi) is 5.60. The number of aliphatic hydroxyl groups excluding tert-OH is 1. The van der Waals surface area contributed by atoms with E-state index >= 15 is 0 Å². The van der Waals surface area contributed by atoms with Crippen LogP contribution in [0.5, 0.6) is 0 Å². The average Bonchev–Trinajstić information content (AvgIpc) is 2.69. The predicted molar refractivity (Wildman–Crippen MR) is 100 cm³/mol. The molecular weight excluding hydrogens is 310 g/mol. The minimum atomic E-state index is -0.321. The van der Waals surface area contributed by atoms with E-state index in [1.165, 1.54) is 0 Å². The molecule has 0 saturated heterocycles. The van der Waals surface area contributed by atoms with Crippen molar-refractivity contribution in [3.8, 4) is 11.1 Å². The van der Waals surface area contributed by atoms with E-state index in [4.69, 9.17) is 0 Å². The third-order valence-corrected chi connectivity index (χ3v) is 4.14. The van der Waals surface area contributed by atoms with E-state index < -0.39 is 0 Å². The van der Waals surface area contributed by atoms with E-state index in [2.05, 4.69) is 5.32 Å². The summed E-state index contributed by atoms with van der Waals surface area (Å²) in [6.07, 6.45) is 0.594. The Morgan fingerprint density at radius 1 is 0.840 bits per heavy atom. The Morgan fingerprint density at radius 2 is 1.44 bits per heavy atom. The maximum atomic E-state index is 12.8. The second-order valence-corrected chi connectivity index (χ2v) is 5.95. The molecule has 2 N–H and O–H groups in total. The van der Waals surface area contributed by atoms with Crippen LogP contribution in [-0.2, 0) is 6.42 Å². The fraction of sp³-hybridized carbons (Fsp3) is 0.136. The summed E-state index contributed by atoms with van der Waals surface area (Å²) in [5, 5.41) is 12.6. The van der Waals surface area contributed by atoms with E-state index in [0.29, 0.717) is 12.0 Å². The summed E-state index contributed by atoms with van der Waals surface area (Å²) >= 11 is 0. The number of carbonyl (C=O) groups is 1. The summed E-state index contributed by atoms with van der Waals surface area (Å²) in [5.41, 5.74) is 3.58. The van der Waals surface area contributed by atoms with Crippen LogP contribution in [0.3, 0.4) is 0 Å². The van der Waals surface area contributed by atoms with Crippen LogP contribution in [0.4, 0.5) is 0 Å². The predicted octanol–water partition coefficient (Wildman–Crippen LogP) is 3.69. The molecule has 3 rings (SSSR count). The standard InChI is InChI=1S/C22H21NO2/c24-16-19(15-17-9-3-1-4-10-17)23-22(25)21-14-8-7-13-20(21)18-11-5-2-6-12-18/h1-14,19,24H,15-16H2,(H,23,25)/t19-/m0/s1. The van der Waals surface area contributed by atoms with Gasteiger partial charge in [0.25, 0.3) is 5.91 Å². The Bertz CT molecular complexity index is 816. The van der Waals surface area contributed by atoms with Crippen LogP contribution in [0.25, 0.3) is 11.1 Å². The fourth-order valence-electron chi connectivity index (χ4n) is 2.87. The number of carbonyl (C=O) groups excluding carboxylic acids is 1. The van der Waals surface area contributed by atoms with E-state index in [1.807, 2.05) is 84.9 Å². The molecule has 0 spiro atoms. The van der Waals surface area contributed by atoms with Gasteiger partial charge in [-0.25, -0.2) is 0 Å². The van der Waals surface area contributed by atoms with Crippen molar-refractivity contribution in [2.24, 2.45) is 0 Å². The average molecular weight is 331 g/mol. The van der Waals surface area contributed by atoms with Crippen LogP contribution in [0.15, 0.2) is 84.9 Å². The third-order valence-electron chi connectivity index (χ3n) is 4.14. The molecule has 0 saturated carbocycles. The van der Waals surface area contributed by atoms with Gasteiger partial charge in [0.2, 0.25) is 0 Å². The summed E-state index contributed by atoms with van der Waals surface area (Å²) in [6.45, 7) is -0.103. The number of hydrogen-bond donors (Lipinski definition) is 2. The van der Waals surface area contributed by atoms with Crippen molar-refractivity contribution < 1.29 is 9.90 Å². The van der Waals surface area contributed by atoms with E-state index in [0.717, 1.165) is 16.7 Å². The van der Waals surface area contributed by atoms with Gasteiger partial charge in [-0.1, -0.05) is 78.9 Å². The first-order chi connectivity index (χ1) is 12.3. The number of rotatable bonds is 6. The van der Waals surface area contributed by atoms with Crippen molar-refractivity contribution in [3.63, 3.8) is 0 Å². The zero-order valence-electron chi connectivity index (χ0n) is 13.9. The Hall–Kier alpha value is -2.91. The zero-order chi connectivity index (χ0) is 17.5. The van der Waals surface area contributed by atoms with Crippen LogP contribution in [-0.4, -0.2) is 23.7 Å². The van der Waals surface area contributed by atoms with Crippen molar-refractivity contribution in [1.82, 2.24) is 5.32 Å². The summed E-state index contributed by atoms with van der Waals surface area (Å²) < 4.78 is 0. The van der Waals surface area contributed by atoms with E-state index in [1.54, 1.807) is 0 Å². The van der Waals surface area contributed by atoms with Gasteiger partial charge in [0.05, 0.1) is 12.6 Å². The van der Waals surface area contributed by atoms with E-state index in [-0.39, 0.29) is 18.6 Å². The minimum absolute atomic E-state index is 0.103. The van der Waals surface area contributed by atoms with Crippen molar-refractivity contribution >= 4 is 5.91 Å². The van der Waals surface area contributed by atoms with Gasteiger partial charge >= 0.3 is 0 Å². The maximum Gasteiger partial charge on any atom is 0.252 e. The molecule has 0 fully saturated rings. The molecular formula is C22H21NO2. The second-order valence-electron chi connectivity index (χ2n) is 5.95. The molecule has 126 valence electrons. The van der Waals surface area contributed by atoms with Crippen molar-refractivity contribution in [3.05, 3.63) is 96.1 Å². The molecule has 0 aliphatic rings. The molecule has 3 heteroatoms. The van der Waals surface area contributed by atoms with Gasteiger partial charge in [-0.05, 0) is 29.2 Å². The number of nitrogens with one attached hydrogen (secondary N) is 1. The Morgan fingerprint density at radius 3 is 2.12 bits per heavy atom. The van der Waals surface area contributed by atoms with Gasteiger partial charge in [0, 0.05) is 5.56 Å². The van der Waals surface area contributed by atoms with E-state index in [9.17, 15) is 9.90 Å². The third kappa shape index (κ3) is 4.34. The zero-order valence-corrected chi connectivity index (χ0v) is 13.9. The lowest BCUT2D eigenvalue weighted by molar-refractivity contribution is 0.0917. The molecule has 0 bridgehead atoms. The molecule has 0 aliphatic heterocycles. The van der Waals surface area contributed by atoms with Crippen LogP contribution in [0.2, 0.25) is 0 Å². The molecule has 0 radical (unpaired) electrons. The van der Waals surface area contributed by atoms with Crippen molar-refractivity contribution in [2.75, 3.05) is 6.61 Å². The summed E-state index contributed by atoms with van der Waals surface area (Å²) in [7, 11) is 0. The first-order valence-electron chi connectivity index (χ1n) is 8.38. The molecule has 0 aliphatic carbocycles. The molecule has 3 aromatic rings. The quantitative estimate of drug-likeness (QED) is 0.724. The Labute approximate surface area is 148 Å². The summed E-state index contributed by atoms with van der Waals surface area (Å²) in [6, 6.07) is 26.9. The van der Waals surface area contributed by atoms with Gasteiger partial charge in [0.1, 0.15) is 0 Å². The molecule has 0 unspecified atom stereocenters. The summed E-state index contributed by atoms with van der Waals surface area (Å²) in [5.74, 6) is -0.172. The molecule has 1 amide bonds. The molecule has 3 nitrogen and oxygen atoms in total. The van der Waals surface area contributed by atoms with Crippen LogP contribution < -0.4 is 5.32 Å². The molecule has 25 heavy (non-hydrogen) atoms. The van der Waals surface area contributed by atoms with Gasteiger partial charge < -0.3 is 10.4 Å². The monoisotopic (exact) mass is 331 g/mol. The smallest absolute Gasteiger partial charge is 0.252 e. The molecule has 1 atom stereocenters. The molecule has 3 aromatic carbocycles. The Balaban J connectivity index is 1.79. The van der Waals surface area contributed by atoms with Crippen LogP contribution in [0.1, 0.15) is 15.9 Å². The van der Waals surface area contributed by atoms with Crippen molar-refractivity contribution in [2.45, 2.75) is 12.5 Å². The largest absolute Gasteiger partial charge is 0.394 e. The number of benzene rings is 3. The van der Waals surface area contributed by atoms with Gasteiger partial charge in [-0.3, -0.25) is 4.79 Å². The summed E-state index contributed by atoms with van der Waals surface area (Å²) in [4.78, 5) is 12.8. The highest BCUT2D eigenvalue weighted by atomic mass is 16.3. The van der Waals surface area contributed by atoms with Gasteiger partial charge in [-0.2, -0.15) is 0 Å². The lowest BCUT2D eigenvalue weighted by Crippen LogP contribution is -2.39. The second kappa shape index (κ2) is 8.27. The maximum absolute atomic E-state index is 12.8. The highest BCUT2D eigenvalue weighted by molar-refractivity contribution is 6.01. The fourth-order valence-corrected chi connectivity index (χ4v) is 2.87. The first kappa shape index (κ1) is 16.9. The molecule has 0 heterocycles. The molecule has 0 aromatic heterocycles. The number of aliphatic hydroxyl groups is 1. The normalized spacial score (nSPS) is 11.7. The highest BCUT2D eigenvalue weighted by Crippen LogP contribution is 2.23. The lowest BCUT2D eigenvalue weighted by Gasteiger charge is -2.18. The highest BCUT2D eigenvalue weighted by Gasteiger charge is 2.16. The number of hydrogen-bond acceptors (Lipinski definition) is 2. The van der Waals surface area contributed by atoms with Crippen molar-refractivity contribution in [1.29, 1.82) is 0 Å². The lowest BCUT2D eigenvalue weighted by atomic mass is 9.98. The minimum Gasteiger partial charge on any atom is -0.394 e. The number of amides is 1. The van der Waals surface area contributed by atoms with Crippen LogP contribution in [0, 0.1) is 0 Å². The van der Waals surface area contributed by atoms with Gasteiger partial charge in [-0.15, -0.1) is 0 Å². The van der Waals surface area contributed by atoms with Crippen LogP contribution >= 0.6 is 0 Å².